The highest BCUT2D eigenvalue weighted by Crippen LogP contribution is 2.31. The summed E-state index contributed by atoms with van der Waals surface area (Å²) in [5, 5.41) is 0.338. The number of halogens is 3. The maximum Gasteiger partial charge on any atom is 0.534 e. The zero-order chi connectivity index (χ0) is 19.4. The summed E-state index contributed by atoms with van der Waals surface area (Å²) in [4.78, 5) is 11.9. The van der Waals surface area contributed by atoms with Gasteiger partial charge >= 0.3 is 21.7 Å². The molecule has 0 bridgehead atoms. The number of hydrogen-bond donors (Lipinski definition) is 0. The third-order valence-electron chi connectivity index (χ3n) is 2.85. The molecule has 1 aromatic heterocycles. The minimum absolute atomic E-state index is 0.0458. The fourth-order valence-corrected chi connectivity index (χ4v) is 2.35. The largest absolute Gasteiger partial charge is 0.534 e. The summed E-state index contributed by atoms with van der Waals surface area (Å²) < 4.78 is 69.3. The maximum atomic E-state index is 12.5. The third-order valence-corrected chi connectivity index (χ3v) is 3.81. The smallest absolute Gasteiger partial charge is 0.449 e. The molecule has 2 aromatic rings. The number of fused-ring (bicyclic) bond motifs is 1. The monoisotopic (exact) mass is 381 g/mol. The summed E-state index contributed by atoms with van der Waals surface area (Å²) in [7, 11) is -5.91. The van der Waals surface area contributed by atoms with Gasteiger partial charge in [0.15, 0.2) is 0 Å². The second-order valence-corrected chi connectivity index (χ2v) is 6.10. The lowest BCUT2D eigenvalue weighted by Gasteiger charge is -2.11. The van der Waals surface area contributed by atoms with Crippen molar-refractivity contribution in [2.75, 3.05) is 6.61 Å². The van der Waals surface area contributed by atoms with Crippen LogP contribution in [0.2, 0.25) is 0 Å². The summed E-state index contributed by atoms with van der Waals surface area (Å²) in [6.45, 7) is 7.19. The first-order valence-electron chi connectivity index (χ1n) is 7.37. The van der Waals surface area contributed by atoms with E-state index in [-0.39, 0.29) is 12.1 Å². The van der Waals surface area contributed by atoms with Crippen molar-refractivity contribution in [2.24, 2.45) is 0 Å². The molecular weight excluding hydrogens is 363 g/mol. The Hall–Kier alpha value is -2.23. The van der Waals surface area contributed by atoms with E-state index >= 15 is 0 Å². The Morgan fingerprint density at radius 1 is 1.20 bits per heavy atom. The van der Waals surface area contributed by atoms with Crippen molar-refractivity contribution < 1.29 is 35.3 Å². The van der Waals surface area contributed by atoms with E-state index in [0.717, 1.165) is 11.6 Å². The molecule has 0 fully saturated rings. The molecule has 0 aliphatic carbocycles. The highest BCUT2D eigenvalue weighted by Gasteiger charge is 2.49. The summed E-state index contributed by atoms with van der Waals surface area (Å²) in [5.74, 6) is -0.790. The van der Waals surface area contributed by atoms with Gasteiger partial charge in [0.05, 0.1) is 12.1 Å². The molecule has 0 N–H and O–H groups in total. The fourth-order valence-electron chi connectivity index (χ4n) is 1.91. The van der Waals surface area contributed by atoms with Crippen LogP contribution in [-0.2, 0) is 14.9 Å². The first-order valence-corrected chi connectivity index (χ1v) is 8.77. The summed E-state index contributed by atoms with van der Waals surface area (Å²) in [6.07, 6.45) is -1.04. The number of carbonyl (C=O) groups is 1. The van der Waals surface area contributed by atoms with Crippen molar-refractivity contribution in [3.05, 3.63) is 29.8 Å². The van der Waals surface area contributed by atoms with Crippen LogP contribution in [0, 0.1) is 6.92 Å². The molecule has 2 rings (SSSR count). The predicted octanol–water partition coefficient (Wildman–Crippen LogP) is 4.21. The van der Waals surface area contributed by atoms with E-state index in [1.807, 2.05) is 13.8 Å². The van der Waals surface area contributed by atoms with Crippen LogP contribution >= 0.6 is 0 Å². The number of carbonyl (C=O) groups excluding carboxylic acids is 1. The van der Waals surface area contributed by atoms with Crippen LogP contribution in [0.15, 0.2) is 24.3 Å². The van der Waals surface area contributed by atoms with Crippen molar-refractivity contribution in [3.63, 3.8) is 0 Å². The Balaban J connectivity index is 0.00000151. The SMILES string of the molecule is CC.CCOC(=O)n1c(OS(=O)(=O)C(F)(F)F)cc2cc(C)ccc21. The lowest BCUT2D eigenvalue weighted by molar-refractivity contribution is -0.0502. The van der Waals surface area contributed by atoms with E-state index in [1.54, 1.807) is 19.1 Å². The van der Waals surface area contributed by atoms with E-state index in [9.17, 15) is 26.4 Å². The van der Waals surface area contributed by atoms with Gasteiger partial charge in [-0.05, 0) is 26.0 Å². The van der Waals surface area contributed by atoms with Gasteiger partial charge in [-0.1, -0.05) is 25.5 Å². The average molecular weight is 381 g/mol. The molecule has 0 aliphatic heterocycles. The Labute approximate surface area is 143 Å². The Morgan fingerprint density at radius 2 is 1.80 bits per heavy atom. The van der Waals surface area contributed by atoms with Crippen LogP contribution in [0.5, 0.6) is 5.88 Å². The molecule has 1 aromatic carbocycles. The van der Waals surface area contributed by atoms with Crippen molar-refractivity contribution in [2.45, 2.75) is 33.2 Å². The van der Waals surface area contributed by atoms with Crippen LogP contribution in [0.4, 0.5) is 18.0 Å². The molecular formula is C15H18F3NO5S. The minimum atomic E-state index is -5.91. The van der Waals surface area contributed by atoms with E-state index in [0.29, 0.717) is 9.95 Å². The molecule has 0 saturated carbocycles. The third kappa shape index (κ3) is 4.44. The van der Waals surface area contributed by atoms with Gasteiger partial charge in [-0.25, -0.2) is 9.36 Å². The molecule has 10 heteroatoms. The molecule has 0 spiro atoms. The summed E-state index contributed by atoms with van der Waals surface area (Å²) in [6, 6.07) is 5.66. The highest BCUT2D eigenvalue weighted by atomic mass is 32.2. The van der Waals surface area contributed by atoms with E-state index < -0.39 is 27.6 Å². The standard InChI is InChI=1S/C13H12F3NO5S.C2H6/c1-3-21-12(18)17-10-5-4-8(2)6-9(10)7-11(17)22-23(19,20)13(14,15)16;1-2/h4-7H,3H2,1-2H3;1-2H3. The van der Waals surface area contributed by atoms with Crippen LogP contribution in [0.3, 0.4) is 0 Å². The lowest BCUT2D eigenvalue weighted by Crippen LogP contribution is -2.29. The van der Waals surface area contributed by atoms with Gasteiger partial charge in [-0.2, -0.15) is 21.6 Å². The highest BCUT2D eigenvalue weighted by molar-refractivity contribution is 7.87. The Morgan fingerprint density at radius 3 is 2.32 bits per heavy atom. The molecule has 6 nitrogen and oxygen atoms in total. The first kappa shape index (κ1) is 20.8. The van der Waals surface area contributed by atoms with Gasteiger partial charge < -0.3 is 8.92 Å². The number of alkyl halides is 3. The second-order valence-electron chi connectivity index (χ2n) is 4.56. The van der Waals surface area contributed by atoms with E-state index in [2.05, 4.69) is 4.18 Å². The number of rotatable bonds is 3. The molecule has 0 saturated heterocycles. The minimum Gasteiger partial charge on any atom is -0.449 e. The second kappa shape index (κ2) is 7.77. The molecule has 0 amide bonds. The number of hydrogen-bond acceptors (Lipinski definition) is 5. The Kier molecular flexibility index (Phi) is 6.47. The lowest BCUT2D eigenvalue weighted by atomic mass is 10.2. The van der Waals surface area contributed by atoms with Crippen LogP contribution in [0.1, 0.15) is 26.3 Å². The topological polar surface area (TPSA) is 74.6 Å². The zero-order valence-electron chi connectivity index (χ0n) is 14.0. The fraction of sp³-hybridized carbons (Fsp3) is 0.400. The van der Waals surface area contributed by atoms with Crippen molar-refractivity contribution in [1.82, 2.24) is 4.57 Å². The van der Waals surface area contributed by atoms with E-state index in [4.69, 9.17) is 4.74 Å². The Bertz CT molecular complexity index is 856. The van der Waals surface area contributed by atoms with Crippen LogP contribution in [-0.4, -0.2) is 31.2 Å². The number of nitrogens with zero attached hydrogens (tertiary/aromatic N) is 1. The predicted molar refractivity (Wildman–Crippen MR) is 86.0 cm³/mol. The van der Waals surface area contributed by atoms with Gasteiger partial charge in [-0.3, -0.25) is 0 Å². The van der Waals surface area contributed by atoms with Gasteiger partial charge in [0, 0.05) is 11.5 Å². The van der Waals surface area contributed by atoms with Crippen molar-refractivity contribution >= 4 is 27.1 Å². The number of aryl methyl sites for hydroxylation is 1. The van der Waals surface area contributed by atoms with Crippen molar-refractivity contribution in [3.8, 4) is 5.88 Å². The molecule has 1 heterocycles. The number of benzene rings is 1. The maximum absolute atomic E-state index is 12.5. The van der Waals surface area contributed by atoms with Crippen LogP contribution < -0.4 is 4.18 Å². The zero-order valence-corrected chi connectivity index (χ0v) is 14.9. The summed E-state index contributed by atoms with van der Waals surface area (Å²) >= 11 is 0. The normalized spacial score (nSPS) is 11.6. The van der Waals surface area contributed by atoms with Gasteiger partial charge in [0.25, 0.3) is 0 Å². The molecule has 25 heavy (non-hydrogen) atoms. The molecule has 0 aliphatic rings. The molecule has 140 valence electrons. The van der Waals surface area contributed by atoms with Gasteiger partial charge in [-0.15, -0.1) is 0 Å². The van der Waals surface area contributed by atoms with E-state index in [1.165, 1.54) is 13.0 Å². The number of ether oxygens (including phenoxy) is 1. The van der Waals surface area contributed by atoms with Gasteiger partial charge in [0.2, 0.25) is 5.88 Å². The average Bonchev–Trinajstić information content (AvgIpc) is 2.84. The van der Waals surface area contributed by atoms with Crippen molar-refractivity contribution in [1.29, 1.82) is 0 Å². The quantitative estimate of drug-likeness (QED) is 0.588. The molecule has 0 unspecified atom stereocenters. The molecule has 0 radical (unpaired) electrons. The molecule has 0 atom stereocenters. The first-order chi connectivity index (χ1) is 11.6. The number of aromatic nitrogens is 1. The van der Waals surface area contributed by atoms with Crippen LogP contribution in [0.25, 0.3) is 10.9 Å². The van der Waals surface area contributed by atoms with Gasteiger partial charge in [0.1, 0.15) is 0 Å². The summed E-state index contributed by atoms with van der Waals surface area (Å²) in [5.41, 5.74) is -4.68.